The molecule has 0 radical (unpaired) electrons. The quantitative estimate of drug-likeness (QED) is 0.213. The van der Waals surface area contributed by atoms with Gasteiger partial charge in [0.2, 0.25) is 0 Å². The van der Waals surface area contributed by atoms with Gasteiger partial charge in [0.25, 0.3) is 11.4 Å². The highest BCUT2D eigenvalue weighted by Gasteiger charge is 2.09. The van der Waals surface area contributed by atoms with Crippen molar-refractivity contribution in [2.75, 3.05) is 5.43 Å². The molecule has 4 aromatic carbocycles. The van der Waals surface area contributed by atoms with Gasteiger partial charge in [-0.3, -0.25) is 25.7 Å². The van der Waals surface area contributed by atoms with Crippen molar-refractivity contribution in [1.82, 2.24) is 0 Å². The lowest BCUT2D eigenvalue weighted by molar-refractivity contribution is -0.385. The average molecular weight is 442 g/mol. The summed E-state index contributed by atoms with van der Waals surface area (Å²) >= 11 is 0. The molecule has 0 heterocycles. The predicted molar refractivity (Wildman–Crippen MR) is 126 cm³/mol. The van der Waals surface area contributed by atoms with Crippen LogP contribution in [0.25, 0.3) is 10.8 Å². The Kier molecular flexibility index (Phi) is 6.21. The van der Waals surface area contributed by atoms with Crippen molar-refractivity contribution in [1.29, 1.82) is 0 Å². The number of rotatable bonds is 8. The molecule has 1 N–H and O–H groups in total. The number of nitro benzene ring substituents is 2. The Labute approximate surface area is 188 Å². The van der Waals surface area contributed by atoms with Crippen molar-refractivity contribution < 1.29 is 14.6 Å². The van der Waals surface area contributed by atoms with Gasteiger partial charge in [-0.05, 0) is 46.7 Å². The summed E-state index contributed by atoms with van der Waals surface area (Å²) in [5, 5.41) is 27.9. The van der Waals surface area contributed by atoms with Crippen LogP contribution in [-0.2, 0) is 6.61 Å². The monoisotopic (exact) mass is 442 g/mol. The lowest BCUT2D eigenvalue weighted by Gasteiger charge is -2.12. The minimum Gasteiger partial charge on any atom is -0.488 e. The van der Waals surface area contributed by atoms with Gasteiger partial charge in [-0.25, -0.2) is 0 Å². The molecule has 0 aliphatic heterocycles. The summed E-state index contributed by atoms with van der Waals surface area (Å²) in [5.41, 5.74) is 5.04. The van der Waals surface area contributed by atoms with Gasteiger partial charge in [-0.2, -0.15) is 5.10 Å². The Morgan fingerprint density at radius 2 is 1.45 bits per heavy atom. The molecule has 0 amide bonds. The van der Waals surface area contributed by atoms with E-state index in [1.54, 1.807) is 30.5 Å². The number of nitrogens with one attached hydrogen (secondary N) is 1. The van der Waals surface area contributed by atoms with Crippen molar-refractivity contribution in [3.8, 4) is 5.75 Å². The van der Waals surface area contributed by atoms with Gasteiger partial charge in [0.05, 0.1) is 21.7 Å². The van der Waals surface area contributed by atoms with Gasteiger partial charge < -0.3 is 4.74 Å². The molecule has 4 aromatic rings. The van der Waals surface area contributed by atoms with E-state index in [-0.39, 0.29) is 18.0 Å². The van der Waals surface area contributed by atoms with Crippen molar-refractivity contribution in [3.63, 3.8) is 0 Å². The Balaban J connectivity index is 1.56. The van der Waals surface area contributed by atoms with Gasteiger partial charge in [0.15, 0.2) is 0 Å². The van der Waals surface area contributed by atoms with E-state index in [1.807, 2.05) is 36.4 Å². The van der Waals surface area contributed by atoms with Gasteiger partial charge in [0.1, 0.15) is 12.4 Å². The van der Waals surface area contributed by atoms with Crippen LogP contribution < -0.4 is 10.2 Å². The maximum absolute atomic E-state index is 10.8. The third kappa shape index (κ3) is 5.10. The van der Waals surface area contributed by atoms with Crippen LogP contribution in [-0.4, -0.2) is 16.1 Å². The van der Waals surface area contributed by atoms with E-state index >= 15 is 0 Å². The SMILES string of the molecule is O=[N+]([O-])c1ccc(COc2ccc3ccccc3c2/C=N/Nc2ccc([N+](=O)[O-])cc2)cc1. The first kappa shape index (κ1) is 21.4. The number of nitrogens with zero attached hydrogens (tertiary/aromatic N) is 3. The fourth-order valence-electron chi connectivity index (χ4n) is 3.24. The van der Waals surface area contributed by atoms with Gasteiger partial charge in [-0.15, -0.1) is 0 Å². The number of benzene rings is 4. The highest BCUT2D eigenvalue weighted by molar-refractivity contribution is 6.02. The van der Waals surface area contributed by atoms with Crippen LogP contribution >= 0.6 is 0 Å². The molecule has 33 heavy (non-hydrogen) atoms. The first-order chi connectivity index (χ1) is 16.0. The Morgan fingerprint density at radius 1 is 0.818 bits per heavy atom. The van der Waals surface area contributed by atoms with Crippen LogP contribution in [0.1, 0.15) is 11.1 Å². The van der Waals surface area contributed by atoms with Crippen molar-refractivity contribution in [2.45, 2.75) is 6.61 Å². The first-order valence-electron chi connectivity index (χ1n) is 9.93. The predicted octanol–water partition coefficient (Wildman–Crippen LogP) is 5.68. The van der Waals surface area contributed by atoms with Crippen LogP contribution in [0.5, 0.6) is 5.75 Å². The second kappa shape index (κ2) is 9.56. The second-order valence-electron chi connectivity index (χ2n) is 7.08. The van der Waals surface area contributed by atoms with Crippen LogP contribution in [0, 0.1) is 20.2 Å². The summed E-state index contributed by atoms with van der Waals surface area (Å²) in [4.78, 5) is 20.7. The first-order valence-corrected chi connectivity index (χ1v) is 9.93. The summed E-state index contributed by atoms with van der Waals surface area (Å²) in [7, 11) is 0. The Morgan fingerprint density at radius 3 is 2.12 bits per heavy atom. The number of non-ortho nitro benzene ring substituents is 2. The van der Waals surface area contributed by atoms with Crippen molar-refractivity contribution >= 4 is 34.0 Å². The van der Waals surface area contributed by atoms with Crippen LogP contribution in [0.2, 0.25) is 0 Å². The van der Waals surface area contributed by atoms with E-state index in [0.717, 1.165) is 21.9 Å². The molecule has 9 nitrogen and oxygen atoms in total. The normalized spacial score (nSPS) is 10.9. The summed E-state index contributed by atoms with van der Waals surface area (Å²) in [6.07, 6.45) is 1.63. The van der Waals surface area contributed by atoms with Crippen LogP contribution in [0.15, 0.2) is 90.0 Å². The van der Waals surface area contributed by atoms with Crippen LogP contribution in [0.4, 0.5) is 17.1 Å². The smallest absolute Gasteiger partial charge is 0.269 e. The number of hydrogen-bond donors (Lipinski definition) is 1. The van der Waals surface area contributed by atoms with Gasteiger partial charge >= 0.3 is 0 Å². The standard InChI is InChI=1S/C24H18N4O5/c29-27(30)20-10-5-17(6-11-20)16-33-24-14-7-18-3-1-2-4-22(18)23(24)15-25-26-19-8-12-21(13-9-19)28(31)32/h1-15,26H,16H2/b25-15+. The molecular weight excluding hydrogens is 424 g/mol. The lowest BCUT2D eigenvalue weighted by Crippen LogP contribution is -2.00. The van der Waals surface area contributed by atoms with E-state index in [2.05, 4.69) is 10.5 Å². The summed E-state index contributed by atoms with van der Waals surface area (Å²) in [5.74, 6) is 0.598. The number of anilines is 1. The van der Waals surface area contributed by atoms with Crippen LogP contribution in [0.3, 0.4) is 0 Å². The molecule has 164 valence electrons. The molecule has 9 heteroatoms. The zero-order valence-corrected chi connectivity index (χ0v) is 17.3. The molecule has 0 fully saturated rings. The zero-order valence-electron chi connectivity index (χ0n) is 17.3. The molecule has 0 aliphatic carbocycles. The minimum absolute atomic E-state index is 0.000475. The highest BCUT2D eigenvalue weighted by Crippen LogP contribution is 2.28. The molecule has 0 bridgehead atoms. The molecule has 0 aromatic heterocycles. The number of fused-ring (bicyclic) bond motifs is 1. The van der Waals surface area contributed by atoms with E-state index in [0.29, 0.717) is 11.4 Å². The Hall–Kier alpha value is -4.79. The molecule has 0 unspecified atom stereocenters. The van der Waals surface area contributed by atoms with Gasteiger partial charge in [-0.1, -0.05) is 30.3 Å². The largest absolute Gasteiger partial charge is 0.488 e. The summed E-state index contributed by atoms with van der Waals surface area (Å²) in [6.45, 7) is 0.229. The highest BCUT2D eigenvalue weighted by atomic mass is 16.6. The topological polar surface area (TPSA) is 120 Å². The number of nitro groups is 2. The van der Waals surface area contributed by atoms with Gasteiger partial charge in [0, 0.05) is 29.8 Å². The molecule has 0 spiro atoms. The molecule has 0 aliphatic rings. The third-order valence-corrected chi connectivity index (χ3v) is 4.94. The maximum atomic E-state index is 10.8. The minimum atomic E-state index is -0.461. The lowest BCUT2D eigenvalue weighted by atomic mass is 10.0. The van der Waals surface area contributed by atoms with E-state index in [4.69, 9.17) is 4.74 Å². The third-order valence-electron chi connectivity index (χ3n) is 4.94. The number of ether oxygens (including phenoxy) is 1. The molecule has 0 atom stereocenters. The molecule has 4 rings (SSSR count). The maximum Gasteiger partial charge on any atom is 0.269 e. The van der Waals surface area contributed by atoms with E-state index < -0.39 is 9.85 Å². The summed E-state index contributed by atoms with van der Waals surface area (Å²) < 4.78 is 6.01. The fourth-order valence-corrected chi connectivity index (χ4v) is 3.24. The van der Waals surface area contributed by atoms with E-state index in [1.165, 1.54) is 24.3 Å². The zero-order chi connectivity index (χ0) is 23.2. The van der Waals surface area contributed by atoms with E-state index in [9.17, 15) is 20.2 Å². The number of hydrogen-bond acceptors (Lipinski definition) is 7. The van der Waals surface area contributed by atoms with Crippen molar-refractivity contribution in [2.24, 2.45) is 5.10 Å². The Bertz CT molecular complexity index is 1340. The molecule has 0 saturated heterocycles. The molecular formula is C24H18N4O5. The fraction of sp³-hybridized carbons (Fsp3) is 0.0417. The van der Waals surface area contributed by atoms with Crippen molar-refractivity contribution in [3.05, 3.63) is 116 Å². The number of hydrazone groups is 1. The average Bonchev–Trinajstić information content (AvgIpc) is 2.84. The molecule has 0 saturated carbocycles. The summed E-state index contributed by atoms with van der Waals surface area (Å²) in [6, 6.07) is 23.7. The second-order valence-corrected chi connectivity index (χ2v) is 7.08.